The Bertz CT molecular complexity index is 614. The highest BCUT2D eigenvalue weighted by Gasteiger charge is 2.19. The van der Waals surface area contributed by atoms with Crippen molar-refractivity contribution in [2.24, 2.45) is 5.73 Å². The molecule has 106 valence electrons. The van der Waals surface area contributed by atoms with Gasteiger partial charge in [0.1, 0.15) is 12.1 Å². The topological polar surface area (TPSA) is 70.3 Å². The molecular formula is C15H19N3O2. The smallest absolute Gasteiger partial charge is 0.216 e. The van der Waals surface area contributed by atoms with Gasteiger partial charge in [-0.15, -0.1) is 0 Å². The molecule has 1 unspecified atom stereocenters. The molecule has 0 bridgehead atoms. The van der Waals surface area contributed by atoms with Crippen molar-refractivity contribution >= 4 is 0 Å². The molecule has 5 heteroatoms. The fraction of sp³-hybridized carbons (Fsp3) is 0.333. The summed E-state index contributed by atoms with van der Waals surface area (Å²) in [6.07, 6.45) is 1.45. The first-order chi connectivity index (χ1) is 9.56. The highest BCUT2D eigenvalue weighted by molar-refractivity contribution is 5.47. The van der Waals surface area contributed by atoms with Crippen LogP contribution in [-0.2, 0) is 0 Å². The molecule has 0 radical (unpaired) electrons. The van der Waals surface area contributed by atoms with E-state index >= 15 is 0 Å². The van der Waals surface area contributed by atoms with Crippen LogP contribution >= 0.6 is 0 Å². The molecule has 1 atom stereocenters. The van der Waals surface area contributed by atoms with Crippen molar-refractivity contribution in [3.8, 4) is 11.6 Å². The molecular weight excluding hydrogens is 254 g/mol. The van der Waals surface area contributed by atoms with E-state index < -0.39 is 0 Å². The van der Waals surface area contributed by atoms with Crippen LogP contribution in [0.25, 0.3) is 0 Å². The quantitative estimate of drug-likeness (QED) is 0.924. The standard InChI is InChI=1S/C15H19N3O2/c1-9-5-10(2)14(12(6-9)19-3)15(16)11-7-13(20-4)18-8-17-11/h5-8,15H,16H2,1-4H3. The van der Waals surface area contributed by atoms with Crippen LogP contribution in [0.5, 0.6) is 11.6 Å². The van der Waals surface area contributed by atoms with Gasteiger partial charge in [-0.1, -0.05) is 6.07 Å². The maximum absolute atomic E-state index is 6.34. The zero-order chi connectivity index (χ0) is 14.7. The number of hydrogen-bond acceptors (Lipinski definition) is 5. The third-order valence-electron chi connectivity index (χ3n) is 3.22. The first-order valence-corrected chi connectivity index (χ1v) is 6.33. The lowest BCUT2D eigenvalue weighted by Crippen LogP contribution is -2.16. The molecule has 2 aromatic rings. The Kier molecular flexibility index (Phi) is 4.20. The molecule has 20 heavy (non-hydrogen) atoms. The zero-order valence-electron chi connectivity index (χ0n) is 12.2. The number of rotatable bonds is 4. The van der Waals surface area contributed by atoms with E-state index in [-0.39, 0.29) is 6.04 Å². The Hall–Kier alpha value is -2.14. The number of nitrogens with zero attached hydrogens (tertiary/aromatic N) is 2. The minimum atomic E-state index is -0.387. The van der Waals surface area contributed by atoms with E-state index in [1.54, 1.807) is 20.3 Å². The summed E-state index contributed by atoms with van der Waals surface area (Å²) in [5.74, 6) is 1.27. The van der Waals surface area contributed by atoms with E-state index in [9.17, 15) is 0 Å². The summed E-state index contributed by atoms with van der Waals surface area (Å²) >= 11 is 0. The number of nitrogens with two attached hydrogens (primary N) is 1. The number of ether oxygens (including phenoxy) is 2. The molecule has 5 nitrogen and oxygen atoms in total. The lowest BCUT2D eigenvalue weighted by atomic mass is 9.96. The second kappa shape index (κ2) is 5.88. The molecule has 1 heterocycles. The van der Waals surface area contributed by atoms with Crippen LogP contribution in [-0.4, -0.2) is 24.2 Å². The molecule has 1 aromatic carbocycles. The summed E-state index contributed by atoms with van der Waals surface area (Å²) in [7, 11) is 3.21. The second-order valence-electron chi connectivity index (χ2n) is 4.66. The molecule has 0 spiro atoms. The molecule has 0 aliphatic carbocycles. The molecule has 0 saturated heterocycles. The Morgan fingerprint density at radius 1 is 1.05 bits per heavy atom. The number of aryl methyl sites for hydroxylation is 2. The lowest BCUT2D eigenvalue weighted by molar-refractivity contribution is 0.394. The SMILES string of the molecule is COc1cc(C(N)c2c(C)cc(C)cc2OC)ncn1. The Labute approximate surface area is 118 Å². The summed E-state index contributed by atoms with van der Waals surface area (Å²) in [6, 6.07) is 5.41. The van der Waals surface area contributed by atoms with Gasteiger partial charge in [0.25, 0.3) is 0 Å². The van der Waals surface area contributed by atoms with Gasteiger partial charge in [0, 0.05) is 11.6 Å². The van der Waals surface area contributed by atoms with Gasteiger partial charge in [-0.25, -0.2) is 9.97 Å². The van der Waals surface area contributed by atoms with E-state index in [1.165, 1.54) is 6.33 Å². The van der Waals surface area contributed by atoms with E-state index in [0.29, 0.717) is 11.6 Å². The van der Waals surface area contributed by atoms with Crippen molar-refractivity contribution in [3.63, 3.8) is 0 Å². The van der Waals surface area contributed by atoms with Gasteiger partial charge < -0.3 is 15.2 Å². The fourth-order valence-corrected chi connectivity index (χ4v) is 2.29. The predicted molar refractivity (Wildman–Crippen MR) is 77.1 cm³/mol. The predicted octanol–water partition coefficient (Wildman–Crippen LogP) is 2.16. The molecule has 0 amide bonds. The number of hydrogen-bond donors (Lipinski definition) is 1. The molecule has 2 rings (SSSR count). The van der Waals surface area contributed by atoms with Crippen molar-refractivity contribution in [2.75, 3.05) is 14.2 Å². The molecule has 2 N–H and O–H groups in total. The van der Waals surface area contributed by atoms with Gasteiger partial charge in [0.05, 0.1) is 26.0 Å². The largest absolute Gasteiger partial charge is 0.496 e. The molecule has 0 fully saturated rings. The van der Waals surface area contributed by atoms with Crippen molar-refractivity contribution in [1.82, 2.24) is 9.97 Å². The summed E-state index contributed by atoms with van der Waals surface area (Å²) in [5, 5.41) is 0. The second-order valence-corrected chi connectivity index (χ2v) is 4.66. The Balaban J connectivity index is 2.49. The van der Waals surface area contributed by atoms with E-state index in [1.807, 2.05) is 19.9 Å². The number of benzene rings is 1. The Morgan fingerprint density at radius 3 is 2.45 bits per heavy atom. The molecule has 1 aromatic heterocycles. The number of aromatic nitrogens is 2. The summed E-state index contributed by atoms with van der Waals surface area (Å²) in [4.78, 5) is 8.22. The van der Waals surface area contributed by atoms with Crippen LogP contribution in [0, 0.1) is 13.8 Å². The van der Waals surface area contributed by atoms with Crippen LogP contribution < -0.4 is 15.2 Å². The zero-order valence-corrected chi connectivity index (χ0v) is 12.2. The van der Waals surface area contributed by atoms with Gasteiger partial charge in [0.2, 0.25) is 5.88 Å². The van der Waals surface area contributed by atoms with E-state index in [4.69, 9.17) is 15.2 Å². The first-order valence-electron chi connectivity index (χ1n) is 6.33. The average molecular weight is 273 g/mol. The van der Waals surface area contributed by atoms with Crippen molar-refractivity contribution in [1.29, 1.82) is 0 Å². The summed E-state index contributed by atoms with van der Waals surface area (Å²) in [6.45, 7) is 4.04. The molecule has 0 aliphatic heterocycles. The maximum Gasteiger partial charge on any atom is 0.216 e. The van der Waals surface area contributed by atoms with Gasteiger partial charge in [-0.3, -0.25) is 0 Å². The van der Waals surface area contributed by atoms with Crippen molar-refractivity contribution < 1.29 is 9.47 Å². The lowest BCUT2D eigenvalue weighted by Gasteiger charge is -2.19. The average Bonchev–Trinajstić information content (AvgIpc) is 2.45. The maximum atomic E-state index is 6.34. The minimum absolute atomic E-state index is 0.387. The first kappa shape index (κ1) is 14.3. The van der Waals surface area contributed by atoms with Gasteiger partial charge >= 0.3 is 0 Å². The van der Waals surface area contributed by atoms with Crippen LogP contribution in [0.3, 0.4) is 0 Å². The van der Waals surface area contributed by atoms with Gasteiger partial charge in [-0.2, -0.15) is 0 Å². The summed E-state index contributed by atoms with van der Waals surface area (Å²) < 4.78 is 10.6. The minimum Gasteiger partial charge on any atom is -0.496 e. The molecule has 0 saturated carbocycles. The van der Waals surface area contributed by atoms with Gasteiger partial charge in [0.15, 0.2) is 0 Å². The fourth-order valence-electron chi connectivity index (χ4n) is 2.29. The van der Waals surface area contributed by atoms with Crippen molar-refractivity contribution in [3.05, 3.63) is 46.9 Å². The van der Waals surface area contributed by atoms with Crippen LogP contribution in [0.15, 0.2) is 24.5 Å². The van der Waals surface area contributed by atoms with E-state index in [2.05, 4.69) is 16.0 Å². The number of methoxy groups -OCH3 is 2. The van der Waals surface area contributed by atoms with Crippen LogP contribution in [0.2, 0.25) is 0 Å². The highest BCUT2D eigenvalue weighted by Crippen LogP contribution is 2.32. The Morgan fingerprint density at radius 2 is 1.80 bits per heavy atom. The van der Waals surface area contributed by atoms with Crippen LogP contribution in [0.4, 0.5) is 0 Å². The third kappa shape index (κ3) is 2.72. The van der Waals surface area contributed by atoms with Gasteiger partial charge in [-0.05, 0) is 31.0 Å². The monoisotopic (exact) mass is 273 g/mol. The summed E-state index contributed by atoms with van der Waals surface area (Å²) in [5.41, 5.74) is 10.2. The third-order valence-corrected chi connectivity index (χ3v) is 3.22. The molecule has 0 aliphatic rings. The van der Waals surface area contributed by atoms with Crippen LogP contribution in [0.1, 0.15) is 28.4 Å². The highest BCUT2D eigenvalue weighted by atomic mass is 16.5. The normalized spacial score (nSPS) is 12.1. The van der Waals surface area contributed by atoms with E-state index in [0.717, 1.165) is 22.4 Å². The van der Waals surface area contributed by atoms with Crippen molar-refractivity contribution in [2.45, 2.75) is 19.9 Å².